The van der Waals surface area contributed by atoms with Crippen LogP contribution in [0.1, 0.15) is 31.4 Å². The number of terminal acetylenes is 1. The van der Waals surface area contributed by atoms with Crippen LogP contribution in [0.2, 0.25) is 0 Å². The van der Waals surface area contributed by atoms with Crippen molar-refractivity contribution in [1.82, 2.24) is 19.1 Å². The summed E-state index contributed by atoms with van der Waals surface area (Å²) in [5.41, 5.74) is 1.43. The Morgan fingerprint density at radius 3 is 2.77 bits per heavy atom. The van der Waals surface area contributed by atoms with Crippen molar-refractivity contribution < 1.29 is 4.39 Å². The van der Waals surface area contributed by atoms with Crippen molar-refractivity contribution in [3.8, 4) is 12.5 Å². The highest BCUT2D eigenvalue weighted by Gasteiger charge is 2.39. The number of hydrogen-bond acceptors (Lipinski definition) is 5. The summed E-state index contributed by atoms with van der Waals surface area (Å²) in [5, 5.41) is 7.69. The molecule has 2 atom stereocenters. The van der Waals surface area contributed by atoms with Crippen molar-refractivity contribution in [3.05, 3.63) is 42.2 Å². The van der Waals surface area contributed by atoms with E-state index in [1.165, 1.54) is 0 Å². The van der Waals surface area contributed by atoms with Crippen molar-refractivity contribution >= 4 is 17.6 Å². The van der Waals surface area contributed by atoms with Gasteiger partial charge in [0, 0.05) is 43.2 Å². The Balaban J connectivity index is 1.64. The molecule has 1 fully saturated rings. The molecule has 0 aliphatic heterocycles. The molecule has 0 radical (unpaired) electrons. The minimum atomic E-state index is -0.205. The molecule has 7 heteroatoms. The molecule has 1 heterocycles. The van der Waals surface area contributed by atoms with Gasteiger partial charge < -0.3 is 9.47 Å². The first kappa shape index (κ1) is 18.7. The van der Waals surface area contributed by atoms with Gasteiger partial charge in [0.25, 0.3) is 0 Å². The van der Waals surface area contributed by atoms with Gasteiger partial charge >= 0.3 is 0 Å². The van der Waals surface area contributed by atoms with Gasteiger partial charge in [0.15, 0.2) is 0 Å². The number of benzene rings is 1. The second kappa shape index (κ2) is 8.56. The Hall–Kier alpha value is -2.04. The van der Waals surface area contributed by atoms with Crippen molar-refractivity contribution in [2.45, 2.75) is 32.4 Å². The molecule has 0 amide bonds. The third-order valence-electron chi connectivity index (χ3n) is 4.70. The fraction of sp³-hybridized carbons (Fsp3) is 0.474. The third kappa shape index (κ3) is 4.37. The first-order valence-electron chi connectivity index (χ1n) is 8.81. The smallest absolute Gasteiger partial charge is 0.129 e. The van der Waals surface area contributed by atoms with Gasteiger partial charge in [0.1, 0.15) is 18.5 Å². The van der Waals surface area contributed by atoms with Crippen molar-refractivity contribution in [3.63, 3.8) is 0 Å². The molecule has 0 bridgehead atoms. The summed E-state index contributed by atoms with van der Waals surface area (Å²) in [6, 6.07) is 8.38. The monoisotopic (exact) mass is 373 g/mol. The summed E-state index contributed by atoms with van der Waals surface area (Å²) >= 11 is 1.64. The van der Waals surface area contributed by atoms with E-state index in [1.54, 1.807) is 35.6 Å². The van der Waals surface area contributed by atoms with Crippen LogP contribution in [-0.4, -0.2) is 38.4 Å². The molecule has 0 saturated heterocycles. The molecule has 1 aromatic heterocycles. The Labute approximate surface area is 158 Å². The maximum absolute atomic E-state index is 14.6. The Bertz CT molecular complexity index is 758. The molecule has 0 unspecified atom stereocenters. The normalized spacial score (nSPS) is 18.7. The molecule has 26 heavy (non-hydrogen) atoms. The van der Waals surface area contributed by atoms with Crippen LogP contribution in [0.5, 0.6) is 0 Å². The van der Waals surface area contributed by atoms with E-state index in [1.807, 2.05) is 23.0 Å². The fourth-order valence-corrected chi connectivity index (χ4v) is 3.78. The lowest BCUT2D eigenvalue weighted by Crippen LogP contribution is -2.21. The molecule has 1 saturated carbocycles. The maximum Gasteiger partial charge on any atom is 0.129 e. The van der Waals surface area contributed by atoms with Gasteiger partial charge in [-0.2, -0.15) is 0 Å². The predicted octanol–water partition coefficient (Wildman–Crippen LogP) is 3.57. The highest BCUT2D eigenvalue weighted by molar-refractivity contribution is 7.96. The topological polar surface area (TPSA) is 37.2 Å². The number of halogens is 1. The minimum Gasteiger partial charge on any atom is -0.317 e. The third-order valence-corrected chi connectivity index (χ3v) is 5.53. The second-order valence-corrected chi connectivity index (χ2v) is 7.42. The molecule has 0 N–H and O–H groups in total. The summed E-state index contributed by atoms with van der Waals surface area (Å²) in [4.78, 5) is 1.79. The van der Waals surface area contributed by atoms with Crippen LogP contribution in [0.15, 0.2) is 30.9 Å². The first-order chi connectivity index (χ1) is 12.7. The zero-order chi connectivity index (χ0) is 18.5. The molecule has 1 aliphatic carbocycles. The molecular formula is C19H24FN5S. The van der Waals surface area contributed by atoms with Gasteiger partial charge in [-0.1, -0.05) is 31.4 Å². The number of nitrogens with zero attached hydrogens (tertiary/aromatic N) is 5. The van der Waals surface area contributed by atoms with E-state index in [0.717, 1.165) is 25.1 Å². The molecule has 3 rings (SSSR count). The Morgan fingerprint density at radius 1 is 1.38 bits per heavy atom. The number of aromatic nitrogens is 3. The van der Waals surface area contributed by atoms with Crippen LogP contribution in [0.4, 0.5) is 10.1 Å². The molecule has 5 nitrogen and oxygen atoms in total. The average Bonchev–Trinajstić information content (AvgIpc) is 3.20. The van der Waals surface area contributed by atoms with Crippen molar-refractivity contribution in [1.29, 1.82) is 0 Å². The van der Waals surface area contributed by atoms with Crippen LogP contribution >= 0.6 is 11.9 Å². The highest BCUT2D eigenvalue weighted by atomic mass is 32.2. The van der Waals surface area contributed by atoms with E-state index >= 15 is 0 Å². The Morgan fingerprint density at radius 2 is 2.15 bits per heavy atom. The lowest BCUT2D eigenvalue weighted by Gasteiger charge is -2.21. The average molecular weight is 374 g/mol. The SMILES string of the molecule is C#CN(C[C@H]1C[C@@H]1n1cnnc1)c1ccc(CN(CCC)SC)c(F)c1. The number of hydrogen-bond donors (Lipinski definition) is 0. The highest BCUT2D eigenvalue weighted by Crippen LogP contribution is 2.43. The fourth-order valence-electron chi connectivity index (χ4n) is 3.15. The molecular weight excluding hydrogens is 349 g/mol. The van der Waals surface area contributed by atoms with Crippen molar-refractivity contribution in [2.75, 3.05) is 24.2 Å². The predicted molar refractivity (Wildman–Crippen MR) is 104 cm³/mol. The van der Waals surface area contributed by atoms with Gasteiger partial charge in [-0.15, -0.1) is 10.2 Å². The van der Waals surface area contributed by atoms with E-state index < -0.39 is 0 Å². The van der Waals surface area contributed by atoms with E-state index in [2.05, 4.69) is 27.5 Å². The summed E-state index contributed by atoms with van der Waals surface area (Å²) in [6.45, 7) is 4.35. The molecule has 2 aromatic rings. The number of anilines is 1. The van der Waals surface area contributed by atoms with Gasteiger partial charge in [-0.25, -0.2) is 8.70 Å². The van der Waals surface area contributed by atoms with Crippen LogP contribution < -0.4 is 4.90 Å². The molecule has 1 aromatic carbocycles. The summed E-state index contributed by atoms with van der Waals surface area (Å²) in [5.74, 6) is 0.227. The Kier molecular flexibility index (Phi) is 6.17. The lowest BCUT2D eigenvalue weighted by molar-refractivity contribution is 0.452. The van der Waals surface area contributed by atoms with Gasteiger partial charge in [-0.05, 0) is 31.2 Å². The van der Waals surface area contributed by atoms with E-state index in [-0.39, 0.29) is 5.82 Å². The molecule has 138 valence electrons. The quantitative estimate of drug-likeness (QED) is 0.382. The van der Waals surface area contributed by atoms with Gasteiger partial charge in [0.2, 0.25) is 0 Å². The summed E-state index contributed by atoms with van der Waals surface area (Å²) in [7, 11) is 0. The van der Waals surface area contributed by atoms with Crippen LogP contribution in [0, 0.1) is 24.2 Å². The van der Waals surface area contributed by atoms with Crippen LogP contribution in [0.3, 0.4) is 0 Å². The molecule has 1 aliphatic rings. The molecule has 0 spiro atoms. The lowest BCUT2D eigenvalue weighted by atomic mass is 10.1. The van der Waals surface area contributed by atoms with Gasteiger partial charge in [-0.3, -0.25) is 0 Å². The zero-order valence-corrected chi connectivity index (χ0v) is 16.0. The first-order valence-corrected chi connectivity index (χ1v) is 9.99. The van der Waals surface area contributed by atoms with Crippen molar-refractivity contribution in [2.24, 2.45) is 5.92 Å². The second-order valence-electron chi connectivity index (χ2n) is 6.53. The maximum atomic E-state index is 14.6. The number of rotatable bonds is 9. The van der Waals surface area contributed by atoms with Gasteiger partial charge in [0.05, 0.1) is 5.69 Å². The van der Waals surface area contributed by atoms with E-state index in [4.69, 9.17) is 6.42 Å². The van der Waals surface area contributed by atoms with E-state index in [9.17, 15) is 4.39 Å². The minimum absolute atomic E-state index is 0.205. The largest absolute Gasteiger partial charge is 0.317 e. The summed E-state index contributed by atoms with van der Waals surface area (Å²) in [6.07, 6.45) is 13.2. The standard InChI is InChI=1S/C19H24FN5S/c1-4-8-25(26-3)12-15-6-7-17(10-18(15)20)23(5-2)11-16-9-19(16)24-13-21-22-14-24/h2,6-7,10,13-14,16,19H,4,8-9,11-12H2,1,3H3/t16-,19+/m1/s1. The van der Waals surface area contributed by atoms with Crippen LogP contribution in [0.25, 0.3) is 0 Å². The summed E-state index contributed by atoms with van der Waals surface area (Å²) < 4.78 is 18.8. The van der Waals surface area contributed by atoms with Crippen LogP contribution in [-0.2, 0) is 6.54 Å². The zero-order valence-electron chi connectivity index (χ0n) is 15.2. The van der Waals surface area contributed by atoms with E-state index in [0.29, 0.717) is 30.6 Å².